The first-order valence-electron chi connectivity index (χ1n) is 9.32. The third-order valence-electron chi connectivity index (χ3n) is 4.99. The van der Waals surface area contributed by atoms with Crippen LogP contribution in [0.3, 0.4) is 0 Å². The monoisotopic (exact) mass is 413 g/mol. The van der Waals surface area contributed by atoms with E-state index in [1.807, 2.05) is 19.1 Å². The van der Waals surface area contributed by atoms with Gasteiger partial charge < -0.3 is 16.0 Å². The van der Waals surface area contributed by atoms with Gasteiger partial charge in [0.05, 0.1) is 11.1 Å². The first-order chi connectivity index (χ1) is 13.5. The summed E-state index contributed by atoms with van der Waals surface area (Å²) in [7, 11) is 0. The zero-order valence-corrected chi connectivity index (χ0v) is 17.6. The molecule has 0 saturated carbocycles. The Labute approximate surface area is 172 Å². The normalized spacial score (nSPS) is 14.0. The standard InChI is InChI=1S/C20H23N5OS2/c1-12-13(2)28-19-17(12)18(21)23-20(24-19)27-11-16(26)22-14-5-7-15(8-6-14)25-9-3-4-10-25/h5-8H,3-4,9-11H2,1-2H3,(H,22,26)(H2,21,23,24). The number of fused-ring (bicyclic) bond motifs is 1. The number of rotatable bonds is 5. The molecule has 8 heteroatoms. The lowest BCUT2D eigenvalue weighted by atomic mass is 10.2. The summed E-state index contributed by atoms with van der Waals surface area (Å²) >= 11 is 2.91. The second-order valence-corrected chi connectivity index (χ2v) is 9.08. The summed E-state index contributed by atoms with van der Waals surface area (Å²) in [6.45, 7) is 6.30. The van der Waals surface area contributed by atoms with E-state index in [-0.39, 0.29) is 11.7 Å². The Morgan fingerprint density at radius 2 is 1.93 bits per heavy atom. The van der Waals surface area contributed by atoms with Crippen LogP contribution in [0.25, 0.3) is 10.2 Å². The van der Waals surface area contributed by atoms with Crippen molar-refractivity contribution in [2.75, 3.05) is 34.8 Å². The van der Waals surface area contributed by atoms with E-state index in [2.05, 4.69) is 39.2 Å². The van der Waals surface area contributed by atoms with Gasteiger partial charge in [-0.3, -0.25) is 4.79 Å². The van der Waals surface area contributed by atoms with Crippen molar-refractivity contribution in [1.82, 2.24) is 9.97 Å². The first kappa shape index (κ1) is 19.0. The van der Waals surface area contributed by atoms with Crippen molar-refractivity contribution in [3.63, 3.8) is 0 Å². The lowest BCUT2D eigenvalue weighted by molar-refractivity contribution is -0.113. The van der Waals surface area contributed by atoms with Crippen molar-refractivity contribution < 1.29 is 4.79 Å². The summed E-state index contributed by atoms with van der Waals surface area (Å²) in [5.41, 5.74) is 9.25. The molecule has 2 aromatic heterocycles. The summed E-state index contributed by atoms with van der Waals surface area (Å²) in [6, 6.07) is 8.03. The molecule has 1 fully saturated rings. The molecule has 4 rings (SSSR count). The third-order valence-corrected chi connectivity index (χ3v) is 6.94. The number of nitrogens with two attached hydrogens (primary N) is 1. The Balaban J connectivity index is 1.37. The van der Waals surface area contributed by atoms with Crippen LogP contribution in [0.2, 0.25) is 0 Å². The lowest BCUT2D eigenvalue weighted by Gasteiger charge is -2.17. The predicted octanol–water partition coefficient (Wildman–Crippen LogP) is 4.22. The van der Waals surface area contributed by atoms with E-state index >= 15 is 0 Å². The van der Waals surface area contributed by atoms with Gasteiger partial charge in [-0.2, -0.15) is 0 Å². The van der Waals surface area contributed by atoms with Gasteiger partial charge in [0.15, 0.2) is 5.16 Å². The van der Waals surface area contributed by atoms with Crippen LogP contribution in [-0.4, -0.2) is 34.7 Å². The number of nitrogens with zero attached hydrogens (tertiary/aromatic N) is 3. The van der Waals surface area contributed by atoms with Crippen LogP contribution in [0.15, 0.2) is 29.4 Å². The topological polar surface area (TPSA) is 84.1 Å². The summed E-state index contributed by atoms with van der Waals surface area (Å²) in [4.78, 5) is 25.7. The highest BCUT2D eigenvalue weighted by atomic mass is 32.2. The highest BCUT2D eigenvalue weighted by Crippen LogP contribution is 2.33. The Kier molecular flexibility index (Phi) is 5.41. The zero-order valence-electron chi connectivity index (χ0n) is 16.0. The Hall–Kier alpha value is -2.32. The number of thiophene rings is 1. The number of carbonyl (C=O) groups excluding carboxylic acids is 1. The fourth-order valence-electron chi connectivity index (χ4n) is 3.38. The molecule has 1 aliphatic rings. The Morgan fingerprint density at radius 1 is 1.21 bits per heavy atom. The smallest absolute Gasteiger partial charge is 0.234 e. The molecule has 3 N–H and O–H groups in total. The van der Waals surface area contributed by atoms with E-state index in [4.69, 9.17) is 5.73 Å². The van der Waals surface area contributed by atoms with E-state index in [0.717, 1.165) is 34.6 Å². The Morgan fingerprint density at radius 3 is 2.64 bits per heavy atom. The highest BCUT2D eigenvalue weighted by molar-refractivity contribution is 7.99. The van der Waals surface area contributed by atoms with E-state index in [1.54, 1.807) is 11.3 Å². The quantitative estimate of drug-likeness (QED) is 0.481. The van der Waals surface area contributed by atoms with Gasteiger partial charge in [-0.1, -0.05) is 11.8 Å². The zero-order chi connectivity index (χ0) is 19.7. The van der Waals surface area contributed by atoms with E-state index in [1.165, 1.54) is 35.2 Å². The minimum Gasteiger partial charge on any atom is -0.383 e. The fourth-order valence-corrected chi connectivity index (χ4v) is 5.13. The summed E-state index contributed by atoms with van der Waals surface area (Å²) in [5, 5.41) is 4.39. The molecule has 1 aliphatic heterocycles. The predicted molar refractivity (Wildman–Crippen MR) is 119 cm³/mol. The van der Waals surface area contributed by atoms with Gasteiger partial charge in [-0.05, 0) is 56.5 Å². The van der Waals surface area contributed by atoms with E-state index in [9.17, 15) is 4.79 Å². The molecule has 0 spiro atoms. The summed E-state index contributed by atoms with van der Waals surface area (Å²) < 4.78 is 0. The van der Waals surface area contributed by atoms with Gasteiger partial charge in [0.1, 0.15) is 10.6 Å². The number of nitrogens with one attached hydrogen (secondary N) is 1. The molecule has 0 unspecified atom stereocenters. The number of aryl methyl sites for hydroxylation is 2. The molecule has 0 atom stereocenters. The average molecular weight is 414 g/mol. The molecular weight excluding hydrogens is 390 g/mol. The number of aromatic nitrogens is 2. The molecule has 0 bridgehead atoms. The van der Waals surface area contributed by atoms with Crippen LogP contribution < -0.4 is 16.0 Å². The Bertz CT molecular complexity index is 1010. The van der Waals surface area contributed by atoms with Gasteiger partial charge in [-0.15, -0.1) is 11.3 Å². The maximum absolute atomic E-state index is 12.3. The van der Waals surface area contributed by atoms with Crippen molar-refractivity contribution >= 4 is 56.4 Å². The average Bonchev–Trinajstić information content (AvgIpc) is 3.30. The molecule has 0 aliphatic carbocycles. The van der Waals surface area contributed by atoms with E-state index in [0.29, 0.717) is 11.0 Å². The number of amides is 1. The minimum absolute atomic E-state index is 0.0836. The summed E-state index contributed by atoms with van der Waals surface area (Å²) in [5.74, 6) is 0.634. The van der Waals surface area contributed by atoms with Crippen LogP contribution in [0, 0.1) is 13.8 Å². The van der Waals surface area contributed by atoms with Crippen molar-refractivity contribution in [1.29, 1.82) is 0 Å². The van der Waals surface area contributed by atoms with Gasteiger partial charge in [0.25, 0.3) is 0 Å². The van der Waals surface area contributed by atoms with Crippen molar-refractivity contribution in [2.24, 2.45) is 0 Å². The molecule has 146 valence electrons. The maximum atomic E-state index is 12.3. The van der Waals surface area contributed by atoms with Crippen molar-refractivity contribution in [3.05, 3.63) is 34.7 Å². The highest BCUT2D eigenvalue weighted by Gasteiger charge is 2.15. The van der Waals surface area contributed by atoms with Crippen LogP contribution in [0.1, 0.15) is 23.3 Å². The largest absolute Gasteiger partial charge is 0.383 e. The molecular formula is C20H23N5OS2. The van der Waals surface area contributed by atoms with Crippen LogP contribution in [0.4, 0.5) is 17.2 Å². The number of hydrogen-bond donors (Lipinski definition) is 2. The molecule has 28 heavy (non-hydrogen) atoms. The number of nitrogen functional groups attached to an aromatic ring is 1. The molecule has 3 heterocycles. The fraction of sp³-hybridized carbons (Fsp3) is 0.350. The maximum Gasteiger partial charge on any atom is 0.234 e. The molecule has 1 aromatic carbocycles. The number of carbonyl (C=O) groups is 1. The van der Waals surface area contributed by atoms with Crippen LogP contribution >= 0.6 is 23.1 Å². The molecule has 1 amide bonds. The number of thioether (sulfide) groups is 1. The molecule has 6 nitrogen and oxygen atoms in total. The minimum atomic E-state index is -0.0836. The van der Waals surface area contributed by atoms with E-state index < -0.39 is 0 Å². The second kappa shape index (κ2) is 7.97. The van der Waals surface area contributed by atoms with Crippen molar-refractivity contribution in [2.45, 2.75) is 31.8 Å². The van der Waals surface area contributed by atoms with Gasteiger partial charge in [-0.25, -0.2) is 9.97 Å². The number of benzene rings is 1. The first-order valence-corrected chi connectivity index (χ1v) is 11.1. The summed E-state index contributed by atoms with van der Waals surface area (Å²) in [6.07, 6.45) is 2.50. The molecule has 1 saturated heterocycles. The molecule has 3 aromatic rings. The van der Waals surface area contributed by atoms with Gasteiger partial charge in [0, 0.05) is 29.3 Å². The van der Waals surface area contributed by atoms with Gasteiger partial charge >= 0.3 is 0 Å². The third kappa shape index (κ3) is 3.93. The van der Waals surface area contributed by atoms with Crippen molar-refractivity contribution in [3.8, 4) is 0 Å². The lowest BCUT2D eigenvalue weighted by Crippen LogP contribution is -2.18. The molecule has 0 radical (unpaired) electrons. The SMILES string of the molecule is Cc1sc2nc(SCC(=O)Nc3ccc(N4CCCC4)cc3)nc(N)c2c1C. The van der Waals surface area contributed by atoms with Gasteiger partial charge in [0.2, 0.25) is 5.91 Å². The van der Waals surface area contributed by atoms with Crippen LogP contribution in [0.5, 0.6) is 0 Å². The number of anilines is 3. The van der Waals surface area contributed by atoms with Crippen LogP contribution in [-0.2, 0) is 4.79 Å². The number of hydrogen-bond acceptors (Lipinski definition) is 7. The second-order valence-electron chi connectivity index (χ2n) is 6.93.